The largest absolute Gasteiger partial charge is 0.373 e. The van der Waals surface area contributed by atoms with Crippen LogP contribution in [0.1, 0.15) is 22.9 Å². The number of nitroso groups, excluding NO2 is 1. The third-order valence-electron chi connectivity index (χ3n) is 5.09. The molecule has 0 radical (unpaired) electrons. The fraction of sp³-hybridized carbons (Fsp3) is 0.100. The Morgan fingerprint density at radius 1 is 1.03 bits per heavy atom. The van der Waals surface area contributed by atoms with Crippen molar-refractivity contribution in [1.82, 2.24) is 15.2 Å². The number of halogens is 3. The van der Waals surface area contributed by atoms with Crippen LogP contribution in [-0.2, 0) is 6.54 Å². The normalized spacial score (nSPS) is 14.9. The summed E-state index contributed by atoms with van der Waals surface area (Å²) in [4.78, 5) is 13.9. The van der Waals surface area contributed by atoms with E-state index in [4.69, 9.17) is 0 Å². The SMILES string of the molecule is O=NCc1nnc2[nH]cc3c2c1-c1ccccc1NC3c1c(F)ccc(F)c1F. The number of benzene rings is 2. The third kappa shape index (κ3) is 2.50. The Labute approximate surface area is 161 Å². The van der Waals surface area contributed by atoms with E-state index < -0.39 is 29.1 Å². The molecule has 2 N–H and O–H groups in total. The number of anilines is 1. The first-order valence-electron chi connectivity index (χ1n) is 8.75. The lowest BCUT2D eigenvalue weighted by Crippen LogP contribution is -2.16. The van der Waals surface area contributed by atoms with Crippen molar-refractivity contribution in [2.24, 2.45) is 5.18 Å². The number of rotatable bonds is 3. The smallest absolute Gasteiger partial charge is 0.167 e. The molecular weight excluding hydrogens is 383 g/mol. The highest BCUT2D eigenvalue weighted by atomic mass is 19.2. The molecule has 29 heavy (non-hydrogen) atoms. The Bertz CT molecular complexity index is 1290. The van der Waals surface area contributed by atoms with Crippen LogP contribution in [0.3, 0.4) is 0 Å². The van der Waals surface area contributed by atoms with E-state index in [2.05, 4.69) is 25.7 Å². The van der Waals surface area contributed by atoms with Crippen molar-refractivity contribution in [2.45, 2.75) is 12.6 Å². The van der Waals surface area contributed by atoms with Crippen LogP contribution in [0, 0.1) is 22.4 Å². The standard InChI is InChI=1S/C20H12F3N5O/c21-11-5-6-12(22)18(23)17(11)19-10-7-24-20-16(10)15(14(8-25-29)27-28-20)9-3-1-2-4-13(9)26-19/h1-7,19,26H,8H2,(H,24,28). The Morgan fingerprint density at radius 2 is 1.83 bits per heavy atom. The molecule has 1 unspecified atom stereocenters. The molecule has 3 heterocycles. The van der Waals surface area contributed by atoms with Gasteiger partial charge in [-0.05, 0) is 18.2 Å². The van der Waals surface area contributed by atoms with Gasteiger partial charge in [0.05, 0.1) is 17.3 Å². The van der Waals surface area contributed by atoms with Gasteiger partial charge in [0.2, 0.25) is 0 Å². The first kappa shape index (κ1) is 17.4. The molecule has 2 aromatic carbocycles. The second-order valence-electron chi connectivity index (χ2n) is 6.66. The van der Waals surface area contributed by atoms with Gasteiger partial charge in [0.1, 0.15) is 12.4 Å². The van der Waals surface area contributed by atoms with Crippen molar-refractivity contribution < 1.29 is 13.2 Å². The number of hydrogen-bond donors (Lipinski definition) is 2. The minimum Gasteiger partial charge on any atom is -0.373 e. The fourth-order valence-corrected chi connectivity index (χ4v) is 3.86. The summed E-state index contributed by atoms with van der Waals surface area (Å²) in [5.41, 5.74) is 2.55. The van der Waals surface area contributed by atoms with E-state index in [9.17, 15) is 18.1 Å². The molecule has 0 amide bonds. The minimum absolute atomic E-state index is 0.218. The second kappa shape index (κ2) is 6.40. The lowest BCUT2D eigenvalue weighted by molar-refractivity contribution is 0.476. The average molecular weight is 395 g/mol. The van der Waals surface area contributed by atoms with Gasteiger partial charge in [-0.15, -0.1) is 5.10 Å². The summed E-state index contributed by atoms with van der Waals surface area (Å²) in [6.45, 7) is -0.218. The quantitative estimate of drug-likeness (QED) is 0.385. The van der Waals surface area contributed by atoms with Gasteiger partial charge in [-0.2, -0.15) is 10.0 Å². The summed E-state index contributed by atoms with van der Waals surface area (Å²) in [6, 6.07) is 7.68. The Hall–Kier alpha value is -3.75. The highest BCUT2D eigenvalue weighted by molar-refractivity contribution is 6.02. The molecule has 6 nitrogen and oxygen atoms in total. The van der Waals surface area contributed by atoms with E-state index in [-0.39, 0.29) is 6.54 Å². The van der Waals surface area contributed by atoms with E-state index in [1.54, 1.807) is 30.5 Å². The molecule has 4 aromatic rings. The zero-order valence-electron chi connectivity index (χ0n) is 14.7. The number of aromatic amines is 1. The van der Waals surface area contributed by atoms with Gasteiger partial charge < -0.3 is 10.3 Å². The average Bonchev–Trinajstić information content (AvgIpc) is 3.08. The molecule has 0 spiro atoms. The highest BCUT2D eigenvalue weighted by Gasteiger charge is 2.32. The molecule has 0 aliphatic carbocycles. The maximum atomic E-state index is 14.7. The van der Waals surface area contributed by atoms with Crippen LogP contribution in [0.4, 0.5) is 18.9 Å². The van der Waals surface area contributed by atoms with E-state index >= 15 is 0 Å². The third-order valence-corrected chi connectivity index (χ3v) is 5.09. The van der Waals surface area contributed by atoms with Crippen LogP contribution in [0.5, 0.6) is 0 Å². The van der Waals surface area contributed by atoms with Crippen molar-refractivity contribution in [3.05, 3.63) is 81.8 Å². The van der Waals surface area contributed by atoms with Gasteiger partial charge in [0, 0.05) is 34.0 Å². The van der Waals surface area contributed by atoms with Crippen LogP contribution in [-0.4, -0.2) is 15.2 Å². The summed E-state index contributed by atoms with van der Waals surface area (Å²) in [5, 5.41) is 14.8. The topological polar surface area (TPSA) is 83.0 Å². The molecule has 1 aliphatic rings. The van der Waals surface area contributed by atoms with Gasteiger partial charge in [-0.25, -0.2) is 13.2 Å². The zero-order chi connectivity index (χ0) is 20.1. The second-order valence-corrected chi connectivity index (χ2v) is 6.66. The first-order chi connectivity index (χ1) is 14.1. The number of H-pyrrole nitrogens is 1. The van der Waals surface area contributed by atoms with Crippen molar-refractivity contribution in [3.8, 4) is 11.1 Å². The monoisotopic (exact) mass is 395 g/mol. The number of nitrogens with zero attached hydrogens (tertiary/aromatic N) is 3. The fourth-order valence-electron chi connectivity index (χ4n) is 3.86. The van der Waals surface area contributed by atoms with Crippen molar-refractivity contribution in [2.75, 3.05) is 5.32 Å². The summed E-state index contributed by atoms with van der Waals surface area (Å²) < 4.78 is 43.3. The van der Waals surface area contributed by atoms with E-state index in [1.165, 1.54) is 0 Å². The molecule has 0 saturated heterocycles. The number of hydrogen-bond acceptors (Lipinski definition) is 5. The van der Waals surface area contributed by atoms with Crippen LogP contribution in [0.15, 0.2) is 47.8 Å². The van der Waals surface area contributed by atoms with E-state index in [0.717, 1.165) is 12.1 Å². The number of aromatic nitrogens is 3. The van der Waals surface area contributed by atoms with Crippen molar-refractivity contribution >= 4 is 16.7 Å². The molecule has 0 saturated carbocycles. The summed E-state index contributed by atoms with van der Waals surface area (Å²) in [6.07, 6.45) is 1.55. The van der Waals surface area contributed by atoms with Gasteiger partial charge in [-0.3, -0.25) is 0 Å². The zero-order valence-corrected chi connectivity index (χ0v) is 14.7. The summed E-state index contributed by atoms with van der Waals surface area (Å²) in [7, 11) is 0. The molecular formula is C20H12F3N5O. The van der Waals surface area contributed by atoms with Gasteiger partial charge >= 0.3 is 0 Å². The van der Waals surface area contributed by atoms with Gasteiger partial charge in [-0.1, -0.05) is 23.4 Å². The molecule has 9 heteroatoms. The molecule has 0 bridgehead atoms. The van der Waals surface area contributed by atoms with Crippen LogP contribution < -0.4 is 5.32 Å². The summed E-state index contributed by atoms with van der Waals surface area (Å²) in [5.74, 6) is -3.30. The molecule has 144 valence electrons. The Morgan fingerprint density at radius 3 is 2.66 bits per heavy atom. The van der Waals surface area contributed by atoms with Crippen molar-refractivity contribution in [1.29, 1.82) is 0 Å². The van der Waals surface area contributed by atoms with Crippen LogP contribution >= 0.6 is 0 Å². The summed E-state index contributed by atoms with van der Waals surface area (Å²) >= 11 is 0. The van der Waals surface area contributed by atoms with Crippen LogP contribution in [0.25, 0.3) is 22.2 Å². The van der Waals surface area contributed by atoms with E-state index in [0.29, 0.717) is 39.1 Å². The van der Waals surface area contributed by atoms with Crippen molar-refractivity contribution in [3.63, 3.8) is 0 Å². The predicted molar refractivity (Wildman–Crippen MR) is 101 cm³/mol. The predicted octanol–water partition coefficient (Wildman–Crippen LogP) is 4.82. The van der Waals surface area contributed by atoms with Gasteiger partial charge in [0.25, 0.3) is 0 Å². The molecule has 5 rings (SSSR count). The Kier molecular flexibility index (Phi) is 3.83. The number of nitrogens with one attached hydrogen (secondary N) is 2. The highest BCUT2D eigenvalue weighted by Crippen LogP contribution is 2.45. The number of para-hydroxylation sites is 1. The molecule has 1 aliphatic heterocycles. The van der Waals surface area contributed by atoms with Crippen LogP contribution in [0.2, 0.25) is 0 Å². The molecule has 2 aromatic heterocycles. The lowest BCUT2D eigenvalue weighted by Gasteiger charge is -2.20. The first-order valence-corrected chi connectivity index (χ1v) is 8.75. The van der Waals surface area contributed by atoms with Gasteiger partial charge in [0.15, 0.2) is 17.3 Å². The Balaban J connectivity index is 1.90. The minimum atomic E-state index is -1.27. The molecule has 0 fully saturated rings. The maximum absolute atomic E-state index is 14.7. The molecule has 1 atom stereocenters. The number of fused-ring (bicyclic) bond motifs is 2. The maximum Gasteiger partial charge on any atom is 0.167 e. The lowest BCUT2D eigenvalue weighted by atomic mass is 9.95. The van der Waals surface area contributed by atoms with E-state index in [1.807, 2.05) is 0 Å².